The highest BCUT2D eigenvalue weighted by Crippen LogP contribution is 2.16. The smallest absolute Gasteiger partial charge is 0.341 e. The highest BCUT2D eigenvalue weighted by molar-refractivity contribution is 5.96. The molecule has 2 rings (SSSR count). The van der Waals surface area contributed by atoms with E-state index in [-0.39, 0.29) is 11.2 Å². The monoisotopic (exact) mass is 220 g/mol. The number of imidazole rings is 1. The summed E-state index contributed by atoms with van der Waals surface area (Å²) < 4.78 is 19.1. The van der Waals surface area contributed by atoms with Crippen LogP contribution in [-0.4, -0.2) is 22.5 Å². The van der Waals surface area contributed by atoms with Crippen LogP contribution in [0.15, 0.2) is 25.0 Å². The summed E-state index contributed by atoms with van der Waals surface area (Å²) in [6.45, 7) is 3.57. The molecule has 0 spiro atoms. The standard InChI is InChI=1S/C11H9FN2O2/c1-3-7-4-8(11(15)16-2)10-13-5-9(12)14(10)6-7/h3-6H,1H2,2H3. The van der Waals surface area contributed by atoms with Crippen LogP contribution >= 0.6 is 0 Å². The van der Waals surface area contributed by atoms with Crippen molar-refractivity contribution in [2.24, 2.45) is 0 Å². The number of esters is 1. The molecule has 0 radical (unpaired) electrons. The predicted octanol–water partition coefficient (Wildman–Crippen LogP) is 1.90. The van der Waals surface area contributed by atoms with Crippen molar-refractivity contribution in [2.45, 2.75) is 0 Å². The lowest BCUT2D eigenvalue weighted by molar-refractivity contribution is 0.0602. The number of nitrogens with zero attached hydrogens (tertiary/aromatic N) is 2. The van der Waals surface area contributed by atoms with Gasteiger partial charge in [0.15, 0.2) is 5.65 Å². The fourth-order valence-electron chi connectivity index (χ4n) is 1.45. The molecule has 2 heterocycles. The molecule has 0 saturated carbocycles. The largest absolute Gasteiger partial charge is 0.465 e. The molecule has 0 aliphatic carbocycles. The third-order valence-corrected chi connectivity index (χ3v) is 2.22. The van der Waals surface area contributed by atoms with Crippen LogP contribution in [-0.2, 0) is 4.74 Å². The quantitative estimate of drug-likeness (QED) is 0.726. The van der Waals surface area contributed by atoms with E-state index in [1.807, 2.05) is 0 Å². The Labute approximate surface area is 91.0 Å². The predicted molar refractivity (Wildman–Crippen MR) is 56.6 cm³/mol. The number of fused-ring (bicyclic) bond motifs is 1. The zero-order valence-corrected chi connectivity index (χ0v) is 8.61. The first-order valence-electron chi connectivity index (χ1n) is 4.54. The molecule has 4 nitrogen and oxygen atoms in total. The first-order chi connectivity index (χ1) is 7.67. The molecule has 2 aromatic rings. The average Bonchev–Trinajstić information content (AvgIpc) is 2.69. The number of rotatable bonds is 2. The van der Waals surface area contributed by atoms with E-state index in [0.717, 1.165) is 6.20 Å². The maximum Gasteiger partial charge on any atom is 0.341 e. The van der Waals surface area contributed by atoms with Gasteiger partial charge in [0.2, 0.25) is 5.95 Å². The van der Waals surface area contributed by atoms with E-state index < -0.39 is 11.9 Å². The molecule has 0 N–H and O–H groups in total. The summed E-state index contributed by atoms with van der Waals surface area (Å²) >= 11 is 0. The van der Waals surface area contributed by atoms with Crippen molar-refractivity contribution < 1.29 is 13.9 Å². The van der Waals surface area contributed by atoms with Gasteiger partial charge in [0.1, 0.15) is 5.56 Å². The molecule has 0 saturated heterocycles. The number of ether oxygens (including phenoxy) is 1. The molecule has 5 heteroatoms. The number of methoxy groups -OCH3 is 1. The van der Waals surface area contributed by atoms with E-state index in [1.165, 1.54) is 23.8 Å². The van der Waals surface area contributed by atoms with Crippen molar-refractivity contribution in [1.29, 1.82) is 0 Å². The van der Waals surface area contributed by atoms with Crippen LogP contribution in [0.2, 0.25) is 0 Å². The van der Waals surface area contributed by atoms with E-state index in [4.69, 9.17) is 0 Å². The molecular formula is C11H9FN2O2. The molecular weight excluding hydrogens is 211 g/mol. The molecule has 82 valence electrons. The topological polar surface area (TPSA) is 43.6 Å². The molecule has 0 atom stereocenters. The van der Waals surface area contributed by atoms with Crippen molar-refractivity contribution in [1.82, 2.24) is 9.38 Å². The Balaban J connectivity index is 2.79. The van der Waals surface area contributed by atoms with E-state index in [9.17, 15) is 9.18 Å². The summed E-state index contributed by atoms with van der Waals surface area (Å²) in [5.74, 6) is -1.09. The molecule has 0 unspecified atom stereocenters. The normalized spacial score (nSPS) is 10.4. The molecule has 0 aliphatic rings. The van der Waals surface area contributed by atoms with Crippen LogP contribution < -0.4 is 0 Å². The Morgan fingerprint density at radius 2 is 2.44 bits per heavy atom. The number of halogens is 1. The minimum Gasteiger partial charge on any atom is -0.465 e. The van der Waals surface area contributed by atoms with Gasteiger partial charge in [-0.1, -0.05) is 12.7 Å². The third-order valence-electron chi connectivity index (χ3n) is 2.22. The molecule has 2 aromatic heterocycles. The van der Waals surface area contributed by atoms with Crippen LogP contribution in [0.5, 0.6) is 0 Å². The maximum atomic E-state index is 13.3. The van der Waals surface area contributed by atoms with Gasteiger partial charge in [0.05, 0.1) is 13.3 Å². The van der Waals surface area contributed by atoms with Gasteiger partial charge < -0.3 is 4.74 Å². The maximum absolute atomic E-state index is 13.3. The van der Waals surface area contributed by atoms with Crippen LogP contribution in [0.3, 0.4) is 0 Å². The number of hydrogen-bond acceptors (Lipinski definition) is 3. The Kier molecular flexibility index (Phi) is 2.44. The molecule has 0 aromatic carbocycles. The van der Waals surface area contributed by atoms with Crippen molar-refractivity contribution >= 4 is 17.7 Å². The van der Waals surface area contributed by atoms with Gasteiger partial charge in [-0.15, -0.1) is 0 Å². The van der Waals surface area contributed by atoms with Gasteiger partial charge in [-0.3, -0.25) is 4.40 Å². The summed E-state index contributed by atoms with van der Waals surface area (Å²) in [7, 11) is 1.26. The van der Waals surface area contributed by atoms with Gasteiger partial charge >= 0.3 is 5.97 Å². The summed E-state index contributed by atoms with van der Waals surface area (Å²) in [6.07, 6.45) is 4.08. The first kappa shape index (κ1) is 10.4. The summed E-state index contributed by atoms with van der Waals surface area (Å²) in [5.41, 5.74) is 1.06. The fourth-order valence-corrected chi connectivity index (χ4v) is 1.45. The summed E-state index contributed by atoms with van der Waals surface area (Å²) in [4.78, 5) is 15.3. The first-order valence-corrected chi connectivity index (χ1v) is 4.54. The molecule has 0 bridgehead atoms. The van der Waals surface area contributed by atoms with Gasteiger partial charge in [-0.2, -0.15) is 4.39 Å². The Hall–Kier alpha value is -2.17. The van der Waals surface area contributed by atoms with Crippen LogP contribution in [0.25, 0.3) is 11.7 Å². The van der Waals surface area contributed by atoms with Crippen LogP contribution in [0.4, 0.5) is 4.39 Å². The van der Waals surface area contributed by atoms with Crippen molar-refractivity contribution in [3.8, 4) is 0 Å². The zero-order valence-electron chi connectivity index (χ0n) is 8.61. The lowest BCUT2D eigenvalue weighted by Crippen LogP contribution is -2.05. The Bertz CT molecular complexity index is 575. The number of carbonyl (C=O) groups excluding carboxylic acids is 1. The third kappa shape index (κ3) is 1.46. The number of hydrogen-bond donors (Lipinski definition) is 0. The van der Waals surface area contributed by atoms with E-state index in [0.29, 0.717) is 5.56 Å². The highest BCUT2D eigenvalue weighted by Gasteiger charge is 2.15. The molecule has 16 heavy (non-hydrogen) atoms. The van der Waals surface area contributed by atoms with Crippen LogP contribution in [0.1, 0.15) is 15.9 Å². The van der Waals surface area contributed by atoms with E-state index in [1.54, 1.807) is 6.07 Å². The molecule has 0 aliphatic heterocycles. The lowest BCUT2D eigenvalue weighted by Gasteiger charge is -2.04. The highest BCUT2D eigenvalue weighted by atomic mass is 19.1. The van der Waals surface area contributed by atoms with E-state index in [2.05, 4.69) is 16.3 Å². The number of pyridine rings is 1. The zero-order chi connectivity index (χ0) is 11.7. The van der Waals surface area contributed by atoms with Crippen LogP contribution in [0, 0.1) is 5.95 Å². The minimum atomic E-state index is -0.556. The van der Waals surface area contributed by atoms with Gasteiger partial charge in [-0.25, -0.2) is 9.78 Å². The molecule has 0 fully saturated rings. The summed E-state index contributed by atoms with van der Waals surface area (Å²) in [5, 5.41) is 0. The van der Waals surface area contributed by atoms with Crippen molar-refractivity contribution in [3.05, 3.63) is 42.1 Å². The van der Waals surface area contributed by atoms with Crippen molar-refractivity contribution in [2.75, 3.05) is 7.11 Å². The minimum absolute atomic E-state index is 0.212. The van der Waals surface area contributed by atoms with Gasteiger partial charge in [0, 0.05) is 6.20 Å². The number of carbonyl (C=O) groups is 1. The SMILES string of the molecule is C=Cc1cc(C(=O)OC)c2ncc(F)n2c1. The Morgan fingerprint density at radius 3 is 3.06 bits per heavy atom. The fraction of sp³-hybridized carbons (Fsp3) is 0.0909. The number of aromatic nitrogens is 2. The van der Waals surface area contributed by atoms with Gasteiger partial charge in [0.25, 0.3) is 0 Å². The van der Waals surface area contributed by atoms with Crippen molar-refractivity contribution in [3.63, 3.8) is 0 Å². The second kappa shape index (κ2) is 3.77. The summed E-state index contributed by atoms with van der Waals surface area (Å²) in [6, 6.07) is 1.56. The second-order valence-electron chi connectivity index (χ2n) is 3.16. The lowest BCUT2D eigenvalue weighted by atomic mass is 10.2. The van der Waals surface area contributed by atoms with Gasteiger partial charge in [-0.05, 0) is 11.6 Å². The second-order valence-corrected chi connectivity index (χ2v) is 3.16. The Morgan fingerprint density at radius 1 is 1.69 bits per heavy atom. The van der Waals surface area contributed by atoms with E-state index >= 15 is 0 Å². The average molecular weight is 220 g/mol. The molecule has 0 amide bonds.